The van der Waals surface area contributed by atoms with Gasteiger partial charge in [0.05, 0.1) is 24.6 Å². The normalized spacial score (nSPS) is 10.4. The predicted octanol–water partition coefficient (Wildman–Crippen LogP) is 1.21. The van der Waals surface area contributed by atoms with Crippen molar-refractivity contribution >= 4 is 28.6 Å². The number of nitrogens with zero attached hydrogens (tertiary/aromatic N) is 3. The van der Waals surface area contributed by atoms with Crippen LogP contribution >= 0.6 is 0 Å². The maximum Gasteiger partial charge on any atom is 0.307 e. The molecule has 2 aromatic rings. The number of ether oxygens (including phenoxy) is 1. The zero-order chi connectivity index (χ0) is 13.8. The molecule has 0 spiro atoms. The van der Waals surface area contributed by atoms with E-state index in [1.54, 1.807) is 4.90 Å². The molecule has 6 heteroatoms. The topological polar surface area (TPSA) is 81.3 Å². The van der Waals surface area contributed by atoms with Crippen molar-refractivity contribution in [2.24, 2.45) is 0 Å². The molecule has 0 aliphatic carbocycles. The largest absolute Gasteiger partial charge is 0.469 e. The summed E-state index contributed by atoms with van der Waals surface area (Å²) in [5.74, 6) is 0.660. The molecule has 0 aliphatic heterocycles. The Morgan fingerprint density at radius 3 is 2.58 bits per heavy atom. The summed E-state index contributed by atoms with van der Waals surface area (Å²) < 4.78 is 4.60. The zero-order valence-electron chi connectivity index (χ0n) is 11.0. The Labute approximate surface area is 111 Å². The van der Waals surface area contributed by atoms with Crippen molar-refractivity contribution in [1.82, 2.24) is 9.97 Å². The van der Waals surface area contributed by atoms with Gasteiger partial charge in [0.1, 0.15) is 0 Å². The summed E-state index contributed by atoms with van der Waals surface area (Å²) in [5, 5.41) is 0. The average Bonchev–Trinajstić information content (AvgIpc) is 2.43. The standard InChI is InChI=1S/C13H16N4O2/c1-17(8-7-11(18)19-2)13-12(14)15-9-5-3-4-6-10(9)16-13/h3-6H,7-8H2,1-2H3,(H2,14,15). The highest BCUT2D eigenvalue weighted by molar-refractivity contribution is 5.79. The quantitative estimate of drug-likeness (QED) is 0.832. The van der Waals surface area contributed by atoms with Gasteiger partial charge in [-0.15, -0.1) is 0 Å². The number of esters is 1. The van der Waals surface area contributed by atoms with Gasteiger partial charge in [0, 0.05) is 13.6 Å². The molecule has 0 fully saturated rings. The van der Waals surface area contributed by atoms with E-state index in [2.05, 4.69) is 14.7 Å². The minimum atomic E-state index is -0.265. The number of hydrogen-bond donors (Lipinski definition) is 1. The number of aromatic nitrogens is 2. The fourth-order valence-electron chi connectivity index (χ4n) is 1.75. The number of nitrogen functional groups attached to an aromatic ring is 1. The molecule has 19 heavy (non-hydrogen) atoms. The van der Waals surface area contributed by atoms with Crippen LogP contribution in [0.25, 0.3) is 11.0 Å². The van der Waals surface area contributed by atoms with Crippen LogP contribution in [-0.2, 0) is 9.53 Å². The van der Waals surface area contributed by atoms with E-state index in [0.29, 0.717) is 18.2 Å². The number of nitrogens with two attached hydrogens (primary N) is 1. The SMILES string of the molecule is COC(=O)CCN(C)c1nc2ccccc2nc1N. The predicted molar refractivity (Wildman–Crippen MR) is 73.9 cm³/mol. The first-order chi connectivity index (χ1) is 9.11. The molecule has 0 atom stereocenters. The molecule has 0 amide bonds. The van der Waals surface area contributed by atoms with Gasteiger partial charge in [0.25, 0.3) is 0 Å². The minimum Gasteiger partial charge on any atom is -0.469 e. The van der Waals surface area contributed by atoms with Crippen LogP contribution < -0.4 is 10.6 Å². The first-order valence-corrected chi connectivity index (χ1v) is 5.92. The number of para-hydroxylation sites is 2. The summed E-state index contributed by atoms with van der Waals surface area (Å²) >= 11 is 0. The van der Waals surface area contributed by atoms with E-state index < -0.39 is 0 Å². The minimum absolute atomic E-state index is 0.265. The monoisotopic (exact) mass is 260 g/mol. The van der Waals surface area contributed by atoms with Gasteiger partial charge in [0.2, 0.25) is 0 Å². The molecule has 2 N–H and O–H groups in total. The van der Waals surface area contributed by atoms with Gasteiger partial charge in [0.15, 0.2) is 11.6 Å². The smallest absolute Gasteiger partial charge is 0.307 e. The molecule has 6 nitrogen and oxygen atoms in total. The fourth-order valence-corrected chi connectivity index (χ4v) is 1.75. The molecule has 1 heterocycles. The van der Waals surface area contributed by atoms with E-state index >= 15 is 0 Å². The van der Waals surface area contributed by atoms with E-state index in [9.17, 15) is 4.79 Å². The number of anilines is 2. The first kappa shape index (κ1) is 13.1. The third-order valence-corrected chi connectivity index (χ3v) is 2.82. The molecule has 2 rings (SSSR count). The summed E-state index contributed by atoms with van der Waals surface area (Å²) in [6.45, 7) is 0.476. The lowest BCUT2D eigenvalue weighted by atomic mass is 10.3. The Hall–Kier alpha value is -2.37. The molecule has 100 valence electrons. The highest BCUT2D eigenvalue weighted by Gasteiger charge is 2.12. The van der Waals surface area contributed by atoms with Gasteiger partial charge in [-0.05, 0) is 12.1 Å². The number of carbonyl (C=O) groups excluding carboxylic acids is 1. The molecule has 0 saturated carbocycles. The van der Waals surface area contributed by atoms with Crippen molar-refractivity contribution in [3.05, 3.63) is 24.3 Å². The number of fused-ring (bicyclic) bond motifs is 1. The summed E-state index contributed by atoms with van der Waals surface area (Å²) in [7, 11) is 3.19. The van der Waals surface area contributed by atoms with Crippen molar-refractivity contribution < 1.29 is 9.53 Å². The van der Waals surface area contributed by atoms with E-state index in [1.807, 2.05) is 31.3 Å². The van der Waals surface area contributed by atoms with Crippen molar-refractivity contribution in [3.8, 4) is 0 Å². The van der Waals surface area contributed by atoms with Gasteiger partial charge in [-0.25, -0.2) is 9.97 Å². The van der Waals surface area contributed by atoms with Crippen LogP contribution in [0.4, 0.5) is 11.6 Å². The Balaban J connectivity index is 2.23. The zero-order valence-corrected chi connectivity index (χ0v) is 11.0. The van der Waals surface area contributed by atoms with E-state index in [-0.39, 0.29) is 12.4 Å². The van der Waals surface area contributed by atoms with Crippen molar-refractivity contribution in [2.45, 2.75) is 6.42 Å². The van der Waals surface area contributed by atoms with Gasteiger partial charge < -0.3 is 15.4 Å². The van der Waals surface area contributed by atoms with E-state index in [1.165, 1.54) is 7.11 Å². The van der Waals surface area contributed by atoms with Crippen LogP contribution in [0.2, 0.25) is 0 Å². The molecule has 0 bridgehead atoms. The van der Waals surface area contributed by atoms with Crippen LogP contribution in [0.5, 0.6) is 0 Å². The molecule has 0 aliphatic rings. The Morgan fingerprint density at radius 1 is 1.32 bits per heavy atom. The van der Waals surface area contributed by atoms with E-state index in [0.717, 1.165) is 11.0 Å². The second kappa shape index (κ2) is 5.51. The lowest BCUT2D eigenvalue weighted by Gasteiger charge is -2.19. The second-order valence-corrected chi connectivity index (χ2v) is 4.17. The number of rotatable bonds is 4. The van der Waals surface area contributed by atoms with Gasteiger partial charge >= 0.3 is 5.97 Å². The van der Waals surface area contributed by atoms with Crippen LogP contribution in [-0.4, -0.2) is 36.6 Å². The summed E-state index contributed by atoms with van der Waals surface area (Å²) in [5.41, 5.74) is 7.42. The summed E-state index contributed by atoms with van der Waals surface area (Å²) in [4.78, 5) is 21.7. The molecule has 1 aromatic carbocycles. The maximum atomic E-state index is 11.1. The lowest BCUT2D eigenvalue weighted by Crippen LogP contribution is -2.24. The van der Waals surface area contributed by atoms with Crippen LogP contribution in [0.1, 0.15) is 6.42 Å². The number of benzene rings is 1. The summed E-state index contributed by atoms with van der Waals surface area (Å²) in [6, 6.07) is 7.51. The second-order valence-electron chi connectivity index (χ2n) is 4.17. The van der Waals surface area contributed by atoms with Gasteiger partial charge in [-0.1, -0.05) is 12.1 Å². The molecule has 0 unspecified atom stereocenters. The lowest BCUT2D eigenvalue weighted by molar-refractivity contribution is -0.140. The molecule has 0 radical (unpaired) electrons. The maximum absolute atomic E-state index is 11.1. The van der Waals surface area contributed by atoms with Crippen LogP contribution in [0, 0.1) is 0 Å². The van der Waals surface area contributed by atoms with Crippen molar-refractivity contribution in [1.29, 1.82) is 0 Å². The third kappa shape index (κ3) is 2.90. The number of carbonyl (C=O) groups is 1. The third-order valence-electron chi connectivity index (χ3n) is 2.82. The molecular formula is C13H16N4O2. The number of hydrogen-bond acceptors (Lipinski definition) is 6. The van der Waals surface area contributed by atoms with E-state index in [4.69, 9.17) is 5.73 Å². The first-order valence-electron chi connectivity index (χ1n) is 5.92. The summed E-state index contributed by atoms with van der Waals surface area (Å²) in [6.07, 6.45) is 0.279. The highest BCUT2D eigenvalue weighted by Crippen LogP contribution is 2.21. The number of methoxy groups -OCH3 is 1. The van der Waals surface area contributed by atoms with Gasteiger partial charge in [-0.2, -0.15) is 0 Å². The molecule has 1 aromatic heterocycles. The average molecular weight is 260 g/mol. The van der Waals surface area contributed by atoms with Crippen LogP contribution in [0.3, 0.4) is 0 Å². The Bertz CT molecular complexity index is 600. The fraction of sp³-hybridized carbons (Fsp3) is 0.308. The van der Waals surface area contributed by atoms with Crippen LogP contribution in [0.15, 0.2) is 24.3 Å². The van der Waals surface area contributed by atoms with Gasteiger partial charge in [-0.3, -0.25) is 4.79 Å². The Kier molecular flexibility index (Phi) is 3.79. The molecule has 0 saturated heterocycles. The molecular weight excluding hydrogens is 244 g/mol. The Morgan fingerprint density at radius 2 is 1.95 bits per heavy atom. The van der Waals surface area contributed by atoms with Crippen molar-refractivity contribution in [2.75, 3.05) is 31.3 Å². The highest BCUT2D eigenvalue weighted by atomic mass is 16.5. The van der Waals surface area contributed by atoms with Crippen molar-refractivity contribution in [3.63, 3.8) is 0 Å².